The quantitative estimate of drug-likeness (QED) is 0.664. The van der Waals surface area contributed by atoms with Gasteiger partial charge in [0.2, 0.25) is 0 Å². The Morgan fingerprint density at radius 2 is 1.61 bits per heavy atom. The monoisotopic (exact) mass is 302 g/mol. The minimum absolute atomic E-state index is 0.00778. The van der Waals surface area contributed by atoms with Crippen molar-refractivity contribution < 1.29 is 9.59 Å². The third-order valence-corrected chi connectivity index (χ3v) is 3.93. The van der Waals surface area contributed by atoms with Crippen LogP contribution in [0.2, 0.25) is 0 Å². The average Bonchev–Trinajstić information content (AvgIpc) is 2.53. The number of benzene rings is 3. The fraction of sp³-hybridized carbons (Fsp3) is 0.143. The van der Waals surface area contributed by atoms with Gasteiger partial charge in [0.1, 0.15) is 5.78 Å². The lowest BCUT2D eigenvalue weighted by molar-refractivity contribution is -0.116. The number of hydrogen-bond donors (Lipinski definition) is 0. The molecular weight excluding hydrogens is 284 g/mol. The van der Waals surface area contributed by atoms with Gasteiger partial charge in [-0.3, -0.25) is 9.59 Å². The highest BCUT2D eigenvalue weighted by Crippen LogP contribution is 2.24. The number of carbonyl (C=O) groups excluding carboxylic acids is 2. The van der Waals surface area contributed by atoms with Crippen molar-refractivity contribution in [2.45, 2.75) is 20.3 Å². The molecule has 0 saturated heterocycles. The highest BCUT2D eigenvalue weighted by Gasteiger charge is 2.14. The second kappa shape index (κ2) is 6.17. The molecule has 0 aliphatic carbocycles. The minimum atomic E-state index is -0.00778. The zero-order valence-corrected chi connectivity index (χ0v) is 13.3. The second-order valence-electron chi connectivity index (χ2n) is 5.94. The Kier molecular flexibility index (Phi) is 4.07. The maximum Gasteiger partial charge on any atom is 0.193 e. The van der Waals surface area contributed by atoms with E-state index in [1.165, 1.54) is 0 Å². The summed E-state index contributed by atoms with van der Waals surface area (Å²) in [6.07, 6.45) is 0.346. The highest BCUT2D eigenvalue weighted by molar-refractivity contribution is 6.16. The van der Waals surface area contributed by atoms with Gasteiger partial charge in [0.05, 0.1) is 0 Å². The molecule has 0 aliphatic rings. The van der Waals surface area contributed by atoms with Crippen LogP contribution in [0, 0.1) is 6.92 Å². The zero-order valence-electron chi connectivity index (χ0n) is 13.3. The number of ketones is 2. The van der Waals surface area contributed by atoms with E-state index < -0.39 is 0 Å². The Bertz CT molecular complexity index is 889. The number of fused-ring (bicyclic) bond motifs is 1. The van der Waals surface area contributed by atoms with Crippen LogP contribution in [0.15, 0.2) is 60.7 Å². The normalized spacial score (nSPS) is 10.7. The summed E-state index contributed by atoms with van der Waals surface area (Å²) in [5.74, 6) is 0.0839. The summed E-state index contributed by atoms with van der Waals surface area (Å²) in [4.78, 5) is 24.4. The molecule has 2 nitrogen and oxygen atoms in total. The molecule has 0 N–H and O–H groups in total. The third kappa shape index (κ3) is 3.21. The molecule has 3 aromatic carbocycles. The Balaban J connectivity index is 2.16. The molecule has 0 fully saturated rings. The van der Waals surface area contributed by atoms with Crippen molar-refractivity contribution in [3.05, 3.63) is 82.9 Å². The van der Waals surface area contributed by atoms with Gasteiger partial charge in [0.25, 0.3) is 0 Å². The molecule has 0 aromatic heterocycles. The molecule has 0 unspecified atom stereocenters. The summed E-state index contributed by atoms with van der Waals surface area (Å²) in [6.45, 7) is 3.56. The molecule has 3 rings (SSSR count). The van der Waals surface area contributed by atoms with Crippen molar-refractivity contribution in [3.63, 3.8) is 0 Å². The fourth-order valence-electron chi connectivity index (χ4n) is 2.81. The third-order valence-electron chi connectivity index (χ3n) is 3.93. The van der Waals surface area contributed by atoms with Crippen LogP contribution in [0.5, 0.6) is 0 Å². The number of aryl methyl sites for hydroxylation is 1. The van der Waals surface area contributed by atoms with Crippen molar-refractivity contribution in [3.8, 4) is 0 Å². The van der Waals surface area contributed by atoms with Crippen LogP contribution >= 0.6 is 0 Å². The van der Waals surface area contributed by atoms with E-state index in [-0.39, 0.29) is 11.6 Å². The molecular formula is C21H18O2. The Morgan fingerprint density at radius 3 is 2.30 bits per heavy atom. The zero-order chi connectivity index (χ0) is 16.4. The Morgan fingerprint density at radius 1 is 0.913 bits per heavy atom. The summed E-state index contributed by atoms with van der Waals surface area (Å²) in [6, 6.07) is 19.2. The first-order chi connectivity index (χ1) is 11.0. The van der Waals surface area contributed by atoms with E-state index >= 15 is 0 Å². The first-order valence-electron chi connectivity index (χ1n) is 7.67. The number of Topliss-reactive ketones (excluding diaryl/α,β-unsaturated/α-hetero) is 1. The lowest BCUT2D eigenvalue weighted by Gasteiger charge is -2.09. The van der Waals surface area contributed by atoms with E-state index in [0.29, 0.717) is 17.5 Å². The summed E-state index contributed by atoms with van der Waals surface area (Å²) >= 11 is 0. The van der Waals surface area contributed by atoms with Crippen molar-refractivity contribution in [1.82, 2.24) is 0 Å². The van der Waals surface area contributed by atoms with Crippen LogP contribution < -0.4 is 0 Å². The summed E-state index contributed by atoms with van der Waals surface area (Å²) in [7, 11) is 0. The molecule has 0 amide bonds. The van der Waals surface area contributed by atoms with Crippen LogP contribution in [0.1, 0.15) is 34.0 Å². The molecule has 0 saturated carbocycles. The molecule has 0 radical (unpaired) electrons. The first kappa shape index (κ1) is 15.2. The number of hydrogen-bond acceptors (Lipinski definition) is 2. The predicted molar refractivity (Wildman–Crippen MR) is 92.9 cm³/mol. The summed E-state index contributed by atoms with van der Waals surface area (Å²) in [5.41, 5.74) is 3.33. The number of rotatable bonds is 4. The minimum Gasteiger partial charge on any atom is -0.300 e. The summed E-state index contributed by atoms with van der Waals surface area (Å²) in [5, 5.41) is 1.91. The molecule has 114 valence electrons. The molecule has 2 heteroatoms. The molecule has 0 bridgehead atoms. The van der Waals surface area contributed by atoms with Crippen LogP contribution in [0.4, 0.5) is 0 Å². The average molecular weight is 302 g/mol. The van der Waals surface area contributed by atoms with Crippen molar-refractivity contribution in [2.75, 3.05) is 0 Å². The van der Waals surface area contributed by atoms with Crippen LogP contribution in [-0.2, 0) is 11.2 Å². The van der Waals surface area contributed by atoms with E-state index in [2.05, 4.69) is 0 Å². The van der Waals surface area contributed by atoms with Crippen LogP contribution in [-0.4, -0.2) is 11.6 Å². The van der Waals surface area contributed by atoms with Gasteiger partial charge in [-0.05, 0) is 36.2 Å². The van der Waals surface area contributed by atoms with Crippen molar-refractivity contribution in [2.24, 2.45) is 0 Å². The van der Waals surface area contributed by atoms with Gasteiger partial charge in [-0.25, -0.2) is 0 Å². The fourth-order valence-corrected chi connectivity index (χ4v) is 2.81. The standard InChI is InChI=1S/C21H18O2/c1-14-7-9-17(10-8-14)21(23)20-13-16(11-15(2)22)12-18-5-3-4-6-19(18)20/h3-10,12-13H,11H2,1-2H3. The van der Waals surface area contributed by atoms with Gasteiger partial charge in [-0.1, -0.05) is 60.2 Å². The molecule has 0 heterocycles. The van der Waals surface area contributed by atoms with Gasteiger partial charge < -0.3 is 0 Å². The van der Waals surface area contributed by atoms with E-state index in [1.54, 1.807) is 6.92 Å². The van der Waals surface area contributed by atoms with Gasteiger partial charge in [0.15, 0.2) is 5.78 Å². The van der Waals surface area contributed by atoms with Crippen LogP contribution in [0.25, 0.3) is 10.8 Å². The van der Waals surface area contributed by atoms with E-state index in [4.69, 9.17) is 0 Å². The van der Waals surface area contributed by atoms with E-state index in [1.807, 2.05) is 67.6 Å². The van der Waals surface area contributed by atoms with Crippen molar-refractivity contribution >= 4 is 22.3 Å². The molecule has 0 aliphatic heterocycles. The van der Waals surface area contributed by atoms with E-state index in [9.17, 15) is 9.59 Å². The Hall–Kier alpha value is -2.74. The second-order valence-corrected chi connectivity index (χ2v) is 5.94. The molecule has 23 heavy (non-hydrogen) atoms. The molecule has 0 atom stereocenters. The maximum atomic E-state index is 12.9. The predicted octanol–water partition coefficient (Wildman–Crippen LogP) is 4.51. The Labute approximate surface area is 135 Å². The SMILES string of the molecule is CC(=O)Cc1cc(C(=O)c2ccc(C)cc2)c2ccccc2c1. The smallest absolute Gasteiger partial charge is 0.193 e. The lowest BCUT2D eigenvalue weighted by Crippen LogP contribution is -2.05. The first-order valence-corrected chi connectivity index (χ1v) is 7.67. The largest absolute Gasteiger partial charge is 0.300 e. The van der Waals surface area contributed by atoms with Crippen molar-refractivity contribution in [1.29, 1.82) is 0 Å². The van der Waals surface area contributed by atoms with Gasteiger partial charge in [-0.15, -0.1) is 0 Å². The van der Waals surface area contributed by atoms with Crippen LogP contribution in [0.3, 0.4) is 0 Å². The van der Waals surface area contributed by atoms with Gasteiger partial charge in [0, 0.05) is 17.5 Å². The summed E-state index contributed by atoms with van der Waals surface area (Å²) < 4.78 is 0. The van der Waals surface area contributed by atoms with Gasteiger partial charge in [-0.2, -0.15) is 0 Å². The number of carbonyl (C=O) groups is 2. The van der Waals surface area contributed by atoms with E-state index in [0.717, 1.165) is 21.9 Å². The topological polar surface area (TPSA) is 34.1 Å². The lowest BCUT2D eigenvalue weighted by atomic mass is 9.93. The maximum absolute atomic E-state index is 12.9. The highest BCUT2D eigenvalue weighted by atomic mass is 16.1. The molecule has 0 spiro atoms. The van der Waals surface area contributed by atoms with Gasteiger partial charge >= 0.3 is 0 Å². The molecule has 3 aromatic rings.